The van der Waals surface area contributed by atoms with Crippen molar-refractivity contribution in [1.29, 1.82) is 0 Å². The van der Waals surface area contributed by atoms with Gasteiger partial charge in [0.2, 0.25) is 0 Å². The number of hydrazone groups is 1. The number of hydrogen-bond acceptors (Lipinski definition) is 3. The van der Waals surface area contributed by atoms with Crippen LogP contribution >= 0.6 is 0 Å². The van der Waals surface area contributed by atoms with E-state index in [1.54, 1.807) is 0 Å². The molecular weight excluding hydrogens is 288 g/mol. The van der Waals surface area contributed by atoms with Crippen molar-refractivity contribution in [2.75, 3.05) is 6.61 Å². The maximum Gasteiger partial charge on any atom is 0.277 e. The van der Waals surface area contributed by atoms with Crippen LogP contribution in [0.3, 0.4) is 0 Å². The number of aryl methyl sites for hydroxylation is 2. The molecule has 0 bridgehead atoms. The van der Waals surface area contributed by atoms with Gasteiger partial charge in [0.15, 0.2) is 6.61 Å². The van der Waals surface area contributed by atoms with Crippen LogP contribution in [0.5, 0.6) is 5.75 Å². The highest BCUT2D eigenvalue weighted by atomic mass is 16.5. The Morgan fingerprint density at radius 2 is 1.91 bits per heavy atom. The lowest BCUT2D eigenvalue weighted by atomic mass is 10.1. The summed E-state index contributed by atoms with van der Waals surface area (Å²) >= 11 is 0. The lowest BCUT2D eigenvalue weighted by molar-refractivity contribution is -0.123. The molecule has 4 heteroatoms. The Hall–Kier alpha value is -2.62. The molecular formula is C19H22N2O2. The molecule has 4 nitrogen and oxygen atoms in total. The van der Waals surface area contributed by atoms with Crippen LogP contribution in [0.2, 0.25) is 0 Å². The van der Waals surface area contributed by atoms with Crippen LogP contribution in [0.1, 0.15) is 30.5 Å². The van der Waals surface area contributed by atoms with Crippen molar-refractivity contribution in [2.45, 2.75) is 27.2 Å². The first-order valence-electron chi connectivity index (χ1n) is 7.70. The van der Waals surface area contributed by atoms with Crippen LogP contribution in [-0.4, -0.2) is 18.2 Å². The van der Waals surface area contributed by atoms with Gasteiger partial charge in [0.05, 0.1) is 5.71 Å². The number of hydrogen-bond donors (Lipinski definition) is 1. The molecule has 2 aromatic carbocycles. The van der Waals surface area contributed by atoms with Gasteiger partial charge in [0.1, 0.15) is 5.75 Å². The van der Waals surface area contributed by atoms with E-state index in [1.165, 1.54) is 5.56 Å². The SMILES string of the molecule is CCc1ccc(/C(C)=N\NC(=O)COc2cccc(C)c2)cc1. The molecule has 0 radical (unpaired) electrons. The number of amides is 1. The fourth-order valence-corrected chi connectivity index (χ4v) is 2.08. The fourth-order valence-electron chi connectivity index (χ4n) is 2.08. The zero-order valence-corrected chi connectivity index (χ0v) is 13.8. The van der Waals surface area contributed by atoms with Gasteiger partial charge in [0.25, 0.3) is 5.91 Å². The second-order valence-electron chi connectivity index (χ2n) is 5.39. The van der Waals surface area contributed by atoms with Gasteiger partial charge in [-0.1, -0.05) is 43.3 Å². The highest BCUT2D eigenvalue weighted by molar-refractivity contribution is 5.99. The lowest BCUT2D eigenvalue weighted by Crippen LogP contribution is -2.25. The van der Waals surface area contributed by atoms with Gasteiger partial charge < -0.3 is 4.74 Å². The van der Waals surface area contributed by atoms with E-state index in [1.807, 2.05) is 50.2 Å². The standard InChI is InChI=1S/C19H22N2O2/c1-4-16-8-10-17(11-9-16)15(3)20-21-19(22)13-23-18-7-5-6-14(2)12-18/h5-12H,4,13H2,1-3H3,(H,21,22)/b20-15-. The predicted molar refractivity (Wildman–Crippen MR) is 92.8 cm³/mol. The van der Waals surface area contributed by atoms with E-state index in [-0.39, 0.29) is 12.5 Å². The Morgan fingerprint density at radius 1 is 1.17 bits per heavy atom. The summed E-state index contributed by atoms with van der Waals surface area (Å²) in [7, 11) is 0. The third-order valence-corrected chi connectivity index (χ3v) is 3.49. The minimum atomic E-state index is -0.281. The number of nitrogens with zero attached hydrogens (tertiary/aromatic N) is 1. The minimum Gasteiger partial charge on any atom is -0.484 e. The summed E-state index contributed by atoms with van der Waals surface area (Å²) < 4.78 is 5.44. The summed E-state index contributed by atoms with van der Waals surface area (Å²) in [5.74, 6) is 0.395. The quantitative estimate of drug-likeness (QED) is 0.656. The van der Waals surface area contributed by atoms with Gasteiger partial charge in [-0.2, -0.15) is 5.10 Å². The summed E-state index contributed by atoms with van der Waals surface area (Å²) in [6.07, 6.45) is 1.00. The average Bonchev–Trinajstić information content (AvgIpc) is 2.58. The number of benzene rings is 2. The van der Waals surface area contributed by atoms with Crippen LogP contribution in [-0.2, 0) is 11.2 Å². The van der Waals surface area contributed by atoms with Crippen molar-refractivity contribution in [3.63, 3.8) is 0 Å². The Morgan fingerprint density at radius 3 is 2.57 bits per heavy atom. The van der Waals surface area contributed by atoms with Crippen LogP contribution < -0.4 is 10.2 Å². The first-order valence-corrected chi connectivity index (χ1v) is 7.70. The number of ether oxygens (including phenoxy) is 1. The summed E-state index contributed by atoms with van der Waals surface area (Å²) in [5, 5.41) is 4.12. The zero-order valence-electron chi connectivity index (χ0n) is 13.8. The first-order chi connectivity index (χ1) is 11.1. The molecule has 1 N–H and O–H groups in total. The largest absolute Gasteiger partial charge is 0.484 e. The second kappa shape index (κ2) is 8.13. The van der Waals surface area contributed by atoms with Crippen LogP contribution in [0.25, 0.3) is 0 Å². The van der Waals surface area contributed by atoms with Crippen molar-refractivity contribution < 1.29 is 9.53 Å². The van der Waals surface area contributed by atoms with E-state index in [0.717, 1.165) is 23.3 Å². The van der Waals surface area contributed by atoms with E-state index in [9.17, 15) is 4.79 Å². The lowest BCUT2D eigenvalue weighted by Gasteiger charge is -2.06. The highest BCUT2D eigenvalue weighted by Gasteiger charge is 2.03. The van der Waals surface area contributed by atoms with Gasteiger partial charge in [-0.05, 0) is 49.1 Å². The van der Waals surface area contributed by atoms with Crippen LogP contribution in [0, 0.1) is 6.92 Å². The Balaban J connectivity index is 1.86. The van der Waals surface area contributed by atoms with Crippen molar-refractivity contribution in [1.82, 2.24) is 5.43 Å². The molecule has 2 aromatic rings. The number of nitrogens with one attached hydrogen (secondary N) is 1. The third kappa shape index (κ3) is 5.25. The summed E-state index contributed by atoms with van der Waals surface area (Å²) in [5.41, 5.74) is 6.63. The van der Waals surface area contributed by atoms with Crippen molar-refractivity contribution in [2.24, 2.45) is 5.10 Å². The van der Waals surface area contributed by atoms with Crippen LogP contribution in [0.4, 0.5) is 0 Å². The van der Waals surface area contributed by atoms with E-state index in [4.69, 9.17) is 4.74 Å². The molecule has 0 saturated carbocycles. The van der Waals surface area contributed by atoms with Crippen molar-refractivity contribution in [3.8, 4) is 5.75 Å². The number of carbonyl (C=O) groups is 1. The van der Waals surface area contributed by atoms with Gasteiger partial charge in [-0.25, -0.2) is 5.43 Å². The van der Waals surface area contributed by atoms with Gasteiger partial charge >= 0.3 is 0 Å². The average molecular weight is 310 g/mol. The molecule has 23 heavy (non-hydrogen) atoms. The molecule has 0 aliphatic rings. The third-order valence-electron chi connectivity index (χ3n) is 3.49. The molecule has 0 spiro atoms. The van der Waals surface area contributed by atoms with Gasteiger partial charge in [-0.3, -0.25) is 4.79 Å². The van der Waals surface area contributed by atoms with Crippen molar-refractivity contribution >= 4 is 11.6 Å². The molecule has 0 aromatic heterocycles. The van der Waals surface area contributed by atoms with Crippen molar-refractivity contribution in [3.05, 3.63) is 65.2 Å². The normalized spacial score (nSPS) is 11.2. The van der Waals surface area contributed by atoms with Crippen LogP contribution in [0.15, 0.2) is 53.6 Å². The fraction of sp³-hybridized carbons (Fsp3) is 0.263. The summed E-state index contributed by atoms with van der Waals surface area (Å²) in [4.78, 5) is 11.8. The second-order valence-corrected chi connectivity index (χ2v) is 5.39. The summed E-state index contributed by atoms with van der Waals surface area (Å²) in [6.45, 7) is 5.90. The summed E-state index contributed by atoms with van der Waals surface area (Å²) in [6, 6.07) is 15.7. The first kappa shape index (κ1) is 16.7. The monoisotopic (exact) mass is 310 g/mol. The molecule has 0 heterocycles. The molecule has 0 fully saturated rings. The molecule has 0 atom stereocenters. The minimum absolute atomic E-state index is 0.0605. The maximum atomic E-state index is 11.8. The van der Waals surface area contributed by atoms with E-state index in [0.29, 0.717) is 5.75 Å². The smallest absolute Gasteiger partial charge is 0.277 e. The molecule has 1 amide bonds. The van der Waals surface area contributed by atoms with E-state index >= 15 is 0 Å². The molecule has 0 aliphatic carbocycles. The molecule has 0 saturated heterocycles. The Bertz CT molecular complexity index is 691. The predicted octanol–water partition coefficient (Wildman–Crippen LogP) is 3.48. The number of carbonyl (C=O) groups excluding carboxylic acids is 1. The molecule has 0 unspecified atom stereocenters. The Kier molecular flexibility index (Phi) is 5.92. The van der Waals surface area contributed by atoms with Gasteiger partial charge in [0, 0.05) is 0 Å². The number of rotatable bonds is 6. The highest BCUT2D eigenvalue weighted by Crippen LogP contribution is 2.12. The zero-order chi connectivity index (χ0) is 16.7. The Labute approximate surface area is 137 Å². The van der Waals surface area contributed by atoms with Gasteiger partial charge in [-0.15, -0.1) is 0 Å². The molecule has 120 valence electrons. The van der Waals surface area contributed by atoms with E-state index in [2.05, 4.69) is 29.6 Å². The van der Waals surface area contributed by atoms with E-state index < -0.39 is 0 Å². The maximum absolute atomic E-state index is 11.8. The topological polar surface area (TPSA) is 50.7 Å². The molecule has 0 aliphatic heterocycles. The molecule has 2 rings (SSSR count).